The molecule has 0 aromatic heterocycles. The number of anilines is 1. The molecule has 2 unspecified atom stereocenters. The second kappa shape index (κ2) is 5.23. The molecule has 1 aliphatic heterocycles. The Morgan fingerprint density at radius 3 is 2.94 bits per heavy atom. The van der Waals surface area contributed by atoms with Crippen LogP contribution in [0.4, 0.5) is 10.1 Å². The topological polar surface area (TPSA) is 15.3 Å². The fourth-order valence-electron chi connectivity index (χ4n) is 2.25. The molecule has 2 rings (SSSR count). The monoisotopic (exact) mass is 256 g/mol. The molecule has 1 fully saturated rings. The summed E-state index contributed by atoms with van der Waals surface area (Å²) in [6, 6.07) is 5.49. The SMILES string of the molecule is CC1CC(Nc2cc(Cl)ccc2F)CCN1C. The molecule has 0 bridgehead atoms. The third-order valence-corrected chi connectivity index (χ3v) is 3.73. The first-order chi connectivity index (χ1) is 8.06. The van der Waals surface area contributed by atoms with Crippen LogP contribution in [0, 0.1) is 5.82 Å². The third-order valence-electron chi connectivity index (χ3n) is 3.50. The molecule has 1 N–H and O–H groups in total. The Morgan fingerprint density at radius 2 is 2.24 bits per heavy atom. The van der Waals surface area contributed by atoms with Crippen LogP contribution in [0.3, 0.4) is 0 Å². The first-order valence-electron chi connectivity index (χ1n) is 5.98. The van der Waals surface area contributed by atoms with E-state index in [0.717, 1.165) is 19.4 Å². The lowest BCUT2D eigenvalue weighted by molar-refractivity contribution is 0.190. The van der Waals surface area contributed by atoms with Crippen molar-refractivity contribution in [3.63, 3.8) is 0 Å². The second-order valence-corrected chi connectivity index (χ2v) is 5.26. The molecule has 1 aliphatic rings. The first-order valence-corrected chi connectivity index (χ1v) is 6.36. The van der Waals surface area contributed by atoms with Crippen molar-refractivity contribution in [3.8, 4) is 0 Å². The highest BCUT2D eigenvalue weighted by atomic mass is 35.5. The van der Waals surface area contributed by atoms with Gasteiger partial charge < -0.3 is 10.2 Å². The number of halogens is 2. The Balaban J connectivity index is 2.03. The molecule has 0 aliphatic carbocycles. The van der Waals surface area contributed by atoms with Crippen LogP contribution in [0.2, 0.25) is 5.02 Å². The summed E-state index contributed by atoms with van der Waals surface area (Å²) in [6.45, 7) is 3.24. The second-order valence-electron chi connectivity index (χ2n) is 4.82. The lowest BCUT2D eigenvalue weighted by Crippen LogP contribution is -2.42. The highest BCUT2D eigenvalue weighted by Crippen LogP contribution is 2.24. The van der Waals surface area contributed by atoms with E-state index in [4.69, 9.17) is 11.6 Å². The van der Waals surface area contributed by atoms with Crippen LogP contribution in [0.5, 0.6) is 0 Å². The fraction of sp³-hybridized carbons (Fsp3) is 0.538. The minimum Gasteiger partial charge on any atom is -0.380 e. The molecule has 1 heterocycles. The van der Waals surface area contributed by atoms with Gasteiger partial charge in [0.1, 0.15) is 5.82 Å². The van der Waals surface area contributed by atoms with Crippen LogP contribution in [-0.4, -0.2) is 30.6 Å². The number of nitrogens with one attached hydrogen (secondary N) is 1. The van der Waals surface area contributed by atoms with Crippen molar-refractivity contribution in [2.75, 3.05) is 18.9 Å². The molecule has 4 heteroatoms. The van der Waals surface area contributed by atoms with Gasteiger partial charge in [0.05, 0.1) is 5.69 Å². The van der Waals surface area contributed by atoms with Gasteiger partial charge in [-0.05, 0) is 45.0 Å². The smallest absolute Gasteiger partial charge is 0.146 e. The number of piperidine rings is 1. The zero-order valence-corrected chi connectivity index (χ0v) is 11.0. The summed E-state index contributed by atoms with van der Waals surface area (Å²) in [5, 5.41) is 3.82. The van der Waals surface area contributed by atoms with Gasteiger partial charge in [0.25, 0.3) is 0 Å². The summed E-state index contributed by atoms with van der Waals surface area (Å²) >= 11 is 5.87. The minimum atomic E-state index is -0.235. The van der Waals surface area contributed by atoms with E-state index in [1.165, 1.54) is 6.07 Å². The Kier molecular flexibility index (Phi) is 3.89. The van der Waals surface area contributed by atoms with Crippen molar-refractivity contribution in [1.29, 1.82) is 0 Å². The number of hydrogen-bond acceptors (Lipinski definition) is 2. The van der Waals surface area contributed by atoms with Gasteiger partial charge in [0.2, 0.25) is 0 Å². The predicted molar refractivity (Wildman–Crippen MR) is 70.1 cm³/mol. The molecule has 0 amide bonds. The summed E-state index contributed by atoms with van der Waals surface area (Å²) in [6.07, 6.45) is 2.06. The molecule has 1 saturated heterocycles. The average Bonchev–Trinajstić information content (AvgIpc) is 2.29. The number of rotatable bonds is 2. The molecule has 1 aromatic rings. The average molecular weight is 257 g/mol. The van der Waals surface area contributed by atoms with Crippen molar-refractivity contribution in [2.45, 2.75) is 31.8 Å². The molecular formula is C13H18ClFN2. The Morgan fingerprint density at radius 1 is 1.47 bits per heavy atom. The number of likely N-dealkylation sites (tertiary alicyclic amines) is 1. The normalized spacial score (nSPS) is 25.9. The molecule has 0 spiro atoms. The van der Waals surface area contributed by atoms with Gasteiger partial charge in [-0.15, -0.1) is 0 Å². The zero-order valence-electron chi connectivity index (χ0n) is 10.2. The lowest BCUT2D eigenvalue weighted by Gasteiger charge is -2.35. The third kappa shape index (κ3) is 3.11. The van der Waals surface area contributed by atoms with Gasteiger partial charge in [0.15, 0.2) is 0 Å². The van der Waals surface area contributed by atoms with Gasteiger partial charge in [0, 0.05) is 23.7 Å². The first kappa shape index (κ1) is 12.7. The molecule has 2 nitrogen and oxygen atoms in total. The van der Waals surface area contributed by atoms with E-state index >= 15 is 0 Å². The van der Waals surface area contributed by atoms with Crippen LogP contribution in [0.25, 0.3) is 0 Å². The number of benzene rings is 1. The maximum Gasteiger partial charge on any atom is 0.146 e. The Hall–Kier alpha value is -0.800. The van der Waals surface area contributed by atoms with E-state index < -0.39 is 0 Å². The van der Waals surface area contributed by atoms with Gasteiger partial charge in [-0.1, -0.05) is 11.6 Å². The van der Waals surface area contributed by atoms with Crippen LogP contribution >= 0.6 is 11.6 Å². The van der Waals surface area contributed by atoms with E-state index in [0.29, 0.717) is 22.8 Å². The molecule has 94 valence electrons. The van der Waals surface area contributed by atoms with E-state index in [-0.39, 0.29) is 5.82 Å². The standard InChI is InChI=1S/C13H18ClFN2/c1-9-7-11(5-6-17(9)2)16-13-8-10(14)3-4-12(13)15/h3-4,8-9,11,16H,5-7H2,1-2H3. The summed E-state index contributed by atoms with van der Waals surface area (Å²) in [5.41, 5.74) is 0.513. The van der Waals surface area contributed by atoms with E-state index in [1.54, 1.807) is 12.1 Å². The van der Waals surface area contributed by atoms with Gasteiger partial charge in [-0.2, -0.15) is 0 Å². The van der Waals surface area contributed by atoms with Crippen molar-refractivity contribution in [3.05, 3.63) is 29.0 Å². The van der Waals surface area contributed by atoms with Crippen LogP contribution in [0.15, 0.2) is 18.2 Å². The van der Waals surface area contributed by atoms with Gasteiger partial charge in [-0.25, -0.2) is 4.39 Å². The van der Waals surface area contributed by atoms with Crippen LogP contribution in [0.1, 0.15) is 19.8 Å². The van der Waals surface area contributed by atoms with Gasteiger partial charge >= 0.3 is 0 Å². The highest BCUT2D eigenvalue weighted by Gasteiger charge is 2.23. The zero-order chi connectivity index (χ0) is 12.4. The largest absolute Gasteiger partial charge is 0.380 e. The van der Waals surface area contributed by atoms with Crippen molar-refractivity contribution in [1.82, 2.24) is 4.90 Å². The summed E-state index contributed by atoms with van der Waals surface area (Å²) < 4.78 is 13.6. The van der Waals surface area contributed by atoms with Crippen molar-refractivity contribution in [2.24, 2.45) is 0 Å². The maximum atomic E-state index is 13.6. The predicted octanol–water partition coefficient (Wildman–Crippen LogP) is 3.37. The van der Waals surface area contributed by atoms with Crippen molar-refractivity contribution < 1.29 is 4.39 Å². The van der Waals surface area contributed by atoms with E-state index in [2.05, 4.69) is 24.2 Å². The van der Waals surface area contributed by atoms with Crippen molar-refractivity contribution >= 4 is 17.3 Å². The molecule has 1 aromatic carbocycles. The number of hydrogen-bond donors (Lipinski definition) is 1. The Labute approximate surface area is 107 Å². The van der Waals surface area contributed by atoms with Crippen LogP contribution < -0.4 is 5.32 Å². The number of nitrogens with zero attached hydrogens (tertiary/aromatic N) is 1. The summed E-state index contributed by atoms with van der Waals surface area (Å²) in [5.74, 6) is -0.235. The lowest BCUT2D eigenvalue weighted by atomic mass is 9.98. The molecule has 2 atom stereocenters. The Bertz CT molecular complexity index is 397. The fourth-order valence-corrected chi connectivity index (χ4v) is 2.42. The summed E-state index contributed by atoms with van der Waals surface area (Å²) in [7, 11) is 2.13. The highest BCUT2D eigenvalue weighted by molar-refractivity contribution is 6.30. The quantitative estimate of drug-likeness (QED) is 0.873. The van der Waals surface area contributed by atoms with E-state index in [1.807, 2.05) is 0 Å². The van der Waals surface area contributed by atoms with E-state index in [9.17, 15) is 4.39 Å². The van der Waals surface area contributed by atoms with Gasteiger partial charge in [-0.3, -0.25) is 0 Å². The summed E-state index contributed by atoms with van der Waals surface area (Å²) in [4.78, 5) is 2.33. The molecule has 0 saturated carbocycles. The molecule has 0 radical (unpaired) electrons. The maximum absolute atomic E-state index is 13.6. The minimum absolute atomic E-state index is 0.235. The molecular weight excluding hydrogens is 239 g/mol. The molecule has 17 heavy (non-hydrogen) atoms. The van der Waals surface area contributed by atoms with Crippen LogP contribution in [-0.2, 0) is 0 Å².